The number of hydrogen-bond acceptors (Lipinski definition) is 0. The maximum atomic E-state index is 5.29. The molecule has 0 N–H and O–H groups in total. The Balaban J connectivity index is 0. The summed E-state index contributed by atoms with van der Waals surface area (Å²) in [4.78, 5) is 0.454. The summed E-state index contributed by atoms with van der Waals surface area (Å²) in [7, 11) is 0. The summed E-state index contributed by atoms with van der Waals surface area (Å²) < 4.78 is 0. The van der Waals surface area contributed by atoms with Crippen molar-refractivity contribution >= 4 is 40.8 Å². The van der Waals surface area contributed by atoms with Crippen LogP contribution in [-0.2, 0) is 0 Å². The van der Waals surface area contributed by atoms with Crippen molar-refractivity contribution in [2.75, 3.05) is 0 Å². The summed E-state index contributed by atoms with van der Waals surface area (Å²) in [5, 5.41) is 0. The Morgan fingerprint density at radius 2 is 1.43 bits per heavy atom. The van der Waals surface area contributed by atoms with Crippen molar-refractivity contribution in [2.45, 2.75) is 13.8 Å². The summed E-state index contributed by atoms with van der Waals surface area (Å²) in [6.45, 7) is 3.88. The van der Waals surface area contributed by atoms with E-state index < -0.39 is 0 Å². The van der Waals surface area contributed by atoms with Crippen LogP contribution in [0.5, 0.6) is 0 Å². The zero-order chi connectivity index (χ0) is 5.15. The van der Waals surface area contributed by atoms with Crippen LogP contribution in [0.2, 0.25) is 0 Å². The van der Waals surface area contributed by atoms with Gasteiger partial charge in [0.2, 0.25) is 0 Å². The van der Waals surface area contributed by atoms with E-state index in [-0.39, 0.29) is 17.6 Å². The molecule has 0 fully saturated rings. The van der Waals surface area contributed by atoms with Gasteiger partial charge in [0.25, 0.3) is 0 Å². The molecule has 0 aromatic carbocycles. The second-order valence-electron chi connectivity index (χ2n) is 1.44. The van der Waals surface area contributed by atoms with E-state index >= 15 is 0 Å². The van der Waals surface area contributed by atoms with Crippen LogP contribution in [0.25, 0.3) is 0 Å². The molecule has 0 aliphatic carbocycles. The fourth-order valence-electron chi connectivity index (χ4n) is 0. The van der Waals surface area contributed by atoms with Crippen molar-refractivity contribution in [1.29, 1.82) is 0 Å². The van der Waals surface area contributed by atoms with E-state index in [0.29, 0.717) is 10.8 Å². The van der Waals surface area contributed by atoms with Gasteiger partial charge in [0.1, 0.15) is 0 Å². The van der Waals surface area contributed by atoms with E-state index in [1.807, 2.05) is 13.8 Å². The van der Waals surface area contributed by atoms with Gasteiger partial charge < -0.3 is 0 Å². The van der Waals surface area contributed by atoms with Gasteiger partial charge in [-0.1, -0.05) is 37.0 Å². The van der Waals surface area contributed by atoms with Crippen LogP contribution in [0, 0.1) is 10.8 Å². The summed E-state index contributed by atoms with van der Waals surface area (Å²) >= 11 is 10.6. The molecule has 0 saturated carbocycles. The minimum atomic E-state index is 0. The third kappa shape index (κ3) is 7.12. The Morgan fingerprint density at radius 1 is 1.29 bits per heavy atom. The van der Waals surface area contributed by atoms with Crippen molar-refractivity contribution in [2.24, 2.45) is 5.92 Å². The van der Waals surface area contributed by atoms with Crippen LogP contribution in [0.1, 0.15) is 13.8 Å². The van der Waals surface area contributed by atoms with Gasteiger partial charge in [-0.2, -0.15) is 0 Å². The molecular weight excluding hydrogens is 192 g/mol. The molecule has 0 bridgehead atoms. The van der Waals surface area contributed by atoms with Gasteiger partial charge in [-0.15, -0.1) is 0 Å². The molecule has 0 aliphatic heterocycles. The van der Waals surface area contributed by atoms with E-state index in [9.17, 15) is 0 Å². The first-order valence-corrected chi connectivity index (χ1v) is 2.58. The summed E-state index contributed by atoms with van der Waals surface area (Å²) in [5.74, 6) is 0.299. The molecule has 0 amide bonds. The monoisotopic (exact) mass is 203 g/mol. The van der Waals surface area contributed by atoms with Crippen LogP contribution in [0.15, 0.2) is 0 Å². The molecule has 0 rings (SSSR count). The predicted octanol–water partition coefficient (Wildman–Crippen LogP) is 1.16. The van der Waals surface area contributed by atoms with Gasteiger partial charge in [-0.25, -0.2) is 0 Å². The molecule has 0 nitrogen and oxygen atoms in total. The summed E-state index contributed by atoms with van der Waals surface area (Å²) in [6.07, 6.45) is 0. The Labute approximate surface area is 65.5 Å². The van der Waals surface area contributed by atoms with Crippen molar-refractivity contribution in [1.82, 2.24) is 0 Å². The molecule has 0 saturated heterocycles. The van der Waals surface area contributed by atoms with E-state index in [1.54, 1.807) is 0 Å². The van der Waals surface area contributed by atoms with E-state index in [4.69, 9.17) is 23.2 Å². The van der Waals surface area contributed by atoms with Crippen molar-refractivity contribution in [3.63, 3.8) is 0 Å². The van der Waals surface area contributed by atoms with Gasteiger partial charge in [-0.05, 0) is 5.92 Å². The fraction of sp³-hybridized carbons (Fsp3) is 0.750. The molecular formula is C4H11Cl2Ge. The zero-order valence-electron chi connectivity index (χ0n) is 3.83. The van der Waals surface area contributed by atoms with E-state index in [2.05, 4.69) is 0 Å². The summed E-state index contributed by atoms with van der Waals surface area (Å²) in [6, 6.07) is 0. The second kappa shape index (κ2) is 5.26. The molecule has 0 aromatic heterocycles. The molecule has 0 heterocycles. The standard InChI is InChI=1S/C4H7Cl2.GeH4/c1-3(2)4(5)6;/h3H,1-2H3;1H4. The third-order valence-corrected chi connectivity index (χ3v) is 1.31. The van der Waals surface area contributed by atoms with Gasteiger partial charge >= 0.3 is 17.6 Å². The van der Waals surface area contributed by atoms with Crippen LogP contribution in [0.3, 0.4) is 0 Å². The average Bonchev–Trinajstić information content (AvgIpc) is 1.36. The normalized spacial score (nSPS) is 9.43. The van der Waals surface area contributed by atoms with Gasteiger partial charge in [0.15, 0.2) is 4.84 Å². The number of halogens is 2. The topological polar surface area (TPSA) is 0 Å². The maximum absolute atomic E-state index is 5.29. The third-order valence-electron chi connectivity index (χ3n) is 0.436. The first-order valence-electron chi connectivity index (χ1n) is 1.82. The second-order valence-corrected chi connectivity index (χ2v) is 2.45. The molecule has 0 aromatic rings. The average molecular weight is 203 g/mol. The van der Waals surface area contributed by atoms with Gasteiger partial charge in [-0.3, -0.25) is 0 Å². The Morgan fingerprint density at radius 3 is 1.43 bits per heavy atom. The van der Waals surface area contributed by atoms with Crippen LogP contribution in [0.4, 0.5) is 0 Å². The number of rotatable bonds is 1. The van der Waals surface area contributed by atoms with Crippen molar-refractivity contribution in [3.8, 4) is 0 Å². The Hall–Kier alpha value is 1.12. The molecule has 3 heteroatoms. The molecule has 0 spiro atoms. The molecule has 0 aliphatic rings. The minimum absolute atomic E-state index is 0. The quantitative estimate of drug-likeness (QED) is 0.560. The molecule has 7 heavy (non-hydrogen) atoms. The molecule has 45 valence electrons. The van der Waals surface area contributed by atoms with Crippen LogP contribution < -0.4 is 0 Å². The predicted molar refractivity (Wildman–Crippen MR) is 41.1 cm³/mol. The first kappa shape index (κ1) is 11.0. The van der Waals surface area contributed by atoms with Crippen molar-refractivity contribution < 1.29 is 0 Å². The zero-order valence-corrected chi connectivity index (χ0v) is 5.35. The molecule has 0 unspecified atom stereocenters. The van der Waals surface area contributed by atoms with Gasteiger partial charge in [0, 0.05) is 0 Å². The summed E-state index contributed by atoms with van der Waals surface area (Å²) in [5.41, 5.74) is 0. The van der Waals surface area contributed by atoms with Crippen molar-refractivity contribution in [3.05, 3.63) is 4.84 Å². The molecule has 1 radical (unpaired) electrons. The Kier molecular flexibility index (Phi) is 8.27. The van der Waals surface area contributed by atoms with Gasteiger partial charge in [0.05, 0.1) is 0 Å². The first-order chi connectivity index (χ1) is 2.64. The van der Waals surface area contributed by atoms with E-state index in [0.717, 1.165) is 0 Å². The fourth-order valence-corrected chi connectivity index (χ4v) is 0. The van der Waals surface area contributed by atoms with E-state index in [1.165, 1.54) is 0 Å². The number of hydrogen-bond donors (Lipinski definition) is 0. The SMILES string of the molecule is CC(C)[C](Cl)Cl.[GeH4]. The Bertz CT molecular complexity index is 30.7. The molecule has 0 atom stereocenters. The van der Waals surface area contributed by atoms with Crippen LogP contribution >= 0.6 is 23.2 Å². The van der Waals surface area contributed by atoms with Crippen LogP contribution in [-0.4, -0.2) is 17.6 Å².